The summed E-state index contributed by atoms with van der Waals surface area (Å²) in [5.41, 5.74) is 0. The van der Waals surface area contributed by atoms with Crippen molar-refractivity contribution in [3.8, 4) is 0 Å². The van der Waals surface area contributed by atoms with Crippen LogP contribution in [0.25, 0.3) is 0 Å². The average Bonchev–Trinajstić information content (AvgIpc) is 2.41. The van der Waals surface area contributed by atoms with Gasteiger partial charge in [-0.25, -0.2) is 0 Å². The molecule has 0 aliphatic carbocycles. The molecule has 0 amide bonds. The van der Waals surface area contributed by atoms with Crippen LogP contribution in [0.1, 0.15) is 6.42 Å². The molecule has 0 saturated carbocycles. The summed E-state index contributed by atoms with van der Waals surface area (Å²) < 4.78 is 5.03. The number of hydrogen-bond donors (Lipinski definition) is 0. The minimum atomic E-state index is 0.595. The highest BCUT2D eigenvalue weighted by Gasteiger charge is 2.21. The Kier molecular flexibility index (Phi) is 1.86. The monoisotopic (exact) mass is 115 g/mol. The van der Waals surface area contributed by atoms with Crippen LogP contribution in [-0.4, -0.2) is 38.3 Å². The first-order chi connectivity index (χ1) is 3.79. The molecule has 0 aromatic rings. The maximum Gasteiger partial charge on any atom is 0.0822 e. The fraction of sp³-hybridized carbons (Fsp3) is 1.00. The largest absolute Gasteiger partial charge is 0.373 e. The summed E-state index contributed by atoms with van der Waals surface area (Å²) in [5.74, 6) is 0. The summed E-state index contributed by atoms with van der Waals surface area (Å²) in [6.07, 6.45) is 1.80. The summed E-state index contributed by atoms with van der Waals surface area (Å²) >= 11 is 0. The number of epoxide rings is 1. The zero-order valence-electron chi connectivity index (χ0n) is 5.55. The second kappa shape index (κ2) is 2.46. The van der Waals surface area contributed by atoms with Crippen LogP contribution in [0.4, 0.5) is 0 Å². The topological polar surface area (TPSA) is 15.8 Å². The van der Waals surface area contributed by atoms with Crippen molar-refractivity contribution in [1.29, 1.82) is 0 Å². The van der Waals surface area contributed by atoms with Gasteiger partial charge in [-0.3, -0.25) is 0 Å². The SMILES string of the molecule is CN(C)CCC1CO1. The molecule has 1 heterocycles. The van der Waals surface area contributed by atoms with Gasteiger partial charge < -0.3 is 9.64 Å². The van der Waals surface area contributed by atoms with Gasteiger partial charge in [0.05, 0.1) is 12.7 Å². The van der Waals surface area contributed by atoms with Crippen LogP contribution in [0.3, 0.4) is 0 Å². The van der Waals surface area contributed by atoms with Crippen molar-refractivity contribution in [2.24, 2.45) is 0 Å². The van der Waals surface area contributed by atoms with Crippen molar-refractivity contribution in [3.05, 3.63) is 0 Å². The van der Waals surface area contributed by atoms with E-state index >= 15 is 0 Å². The highest BCUT2D eigenvalue weighted by molar-refractivity contribution is 4.69. The molecule has 1 atom stereocenters. The Bertz CT molecular complexity index is 66.9. The molecule has 1 aliphatic heterocycles. The van der Waals surface area contributed by atoms with Crippen LogP contribution in [0.5, 0.6) is 0 Å². The standard InChI is InChI=1S/C6H13NO/c1-7(2)4-3-6-5-8-6/h6H,3-5H2,1-2H3. The summed E-state index contributed by atoms with van der Waals surface area (Å²) in [6, 6.07) is 0. The van der Waals surface area contributed by atoms with Crippen molar-refractivity contribution < 1.29 is 4.74 Å². The molecule has 48 valence electrons. The zero-order chi connectivity index (χ0) is 5.98. The molecule has 2 nitrogen and oxygen atoms in total. The van der Waals surface area contributed by atoms with E-state index in [0.29, 0.717) is 6.10 Å². The number of rotatable bonds is 3. The minimum Gasteiger partial charge on any atom is -0.373 e. The predicted molar refractivity (Wildman–Crippen MR) is 32.9 cm³/mol. The van der Waals surface area contributed by atoms with Gasteiger partial charge in [0.2, 0.25) is 0 Å². The molecule has 1 fully saturated rings. The number of ether oxygens (including phenoxy) is 1. The first-order valence-electron chi connectivity index (χ1n) is 3.05. The van der Waals surface area contributed by atoms with Crippen molar-refractivity contribution >= 4 is 0 Å². The van der Waals surface area contributed by atoms with Crippen LogP contribution < -0.4 is 0 Å². The molecule has 0 radical (unpaired) electrons. The van der Waals surface area contributed by atoms with E-state index in [0.717, 1.165) is 13.2 Å². The molecule has 8 heavy (non-hydrogen) atoms. The Morgan fingerprint density at radius 3 is 2.62 bits per heavy atom. The van der Waals surface area contributed by atoms with Crippen LogP contribution in [0.2, 0.25) is 0 Å². The Hall–Kier alpha value is -0.0800. The lowest BCUT2D eigenvalue weighted by atomic mass is 10.3. The molecule has 0 aromatic heterocycles. The normalized spacial score (nSPS) is 26.6. The second-order valence-corrected chi connectivity index (χ2v) is 2.55. The second-order valence-electron chi connectivity index (χ2n) is 2.55. The lowest BCUT2D eigenvalue weighted by Crippen LogP contribution is -2.14. The van der Waals surface area contributed by atoms with Gasteiger partial charge in [-0.05, 0) is 20.5 Å². The van der Waals surface area contributed by atoms with E-state index in [1.54, 1.807) is 0 Å². The molecule has 0 bridgehead atoms. The summed E-state index contributed by atoms with van der Waals surface area (Å²) in [7, 11) is 4.17. The van der Waals surface area contributed by atoms with Gasteiger partial charge in [0.25, 0.3) is 0 Å². The molecule has 0 aromatic carbocycles. The van der Waals surface area contributed by atoms with E-state index in [2.05, 4.69) is 19.0 Å². The van der Waals surface area contributed by atoms with E-state index in [9.17, 15) is 0 Å². The lowest BCUT2D eigenvalue weighted by molar-refractivity contribution is 0.342. The van der Waals surface area contributed by atoms with E-state index in [1.165, 1.54) is 6.42 Å². The molecular weight excluding hydrogens is 102 g/mol. The molecule has 1 saturated heterocycles. The summed E-state index contributed by atoms with van der Waals surface area (Å²) in [5, 5.41) is 0. The highest BCUT2D eigenvalue weighted by Crippen LogP contribution is 2.12. The third kappa shape index (κ3) is 2.28. The molecule has 0 spiro atoms. The fourth-order valence-electron chi connectivity index (χ4n) is 0.637. The van der Waals surface area contributed by atoms with Gasteiger partial charge in [0.1, 0.15) is 0 Å². The fourth-order valence-corrected chi connectivity index (χ4v) is 0.637. The van der Waals surface area contributed by atoms with Crippen molar-refractivity contribution in [1.82, 2.24) is 4.90 Å². The van der Waals surface area contributed by atoms with Crippen molar-refractivity contribution in [2.45, 2.75) is 12.5 Å². The predicted octanol–water partition coefficient (Wildman–Crippen LogP) is 0.337. The van der Waals surface area contributed by atoms with Crippen molar-refractivity contribution in [3.63, 3.8) is 0 Å². The zero-order valence-corrected chi connectivity index (χ0v) is 5.55. The minimum absolute atomic E-state index is 0.595. The Morgan fingerprint density at radius 2 is 2.25 bits per heavy atom. The third-order valence-corrected chi connectivity index (χ3v) is 1.30. The van der Waals surface area contributed by atoms with Crippen LogP contribution in [-0.2, 0) is 4.74 Å². The average molecular weight is 115 g/mol. The third-order valence-electron chi connectivity index (χ3n) is 1.30. The Labute approximate surface area is 50.4 Å². The van der Waals surface area contributed by atoms with E-state index in [1.807, 2.05) is 0 Å². The van der Waals surface area contributed by atoms with Gasteiger partial charge in [-0.2, -0.15) is 0 Å². The van der Waals surface area contributed by atoms with E-state index in [4.69, 9.17) is 4.74 Å². The Morgan fingerprint density at radius 1 is 1.62 bits per heavy atom. The van der Waals surface area contributed by atoms with Crippen LogP contribution in [0.15, 0.2) is 0 Å². The Balaban J connectivity index is 1.87. The smallest absolute Gasteiger partial charge is 0.0822 e. The maximum atomic E-state index is 5.03. The van der Waals surface area contributed by atoms with Gasteiger partial charge in [0.15, 0.2) is 0 Å². The van der Waals surface area contributed by atoms with Gasteiger partial charge >= 0.3 is 0 Å². The van der Waals surface area contributed by atoms with E-state index < -0.39 is 0 Å². The molecule has 0 N–H and O–H groups in total. The quantitative estimate of drug-likeness (QED) is 0.493. The maximum absolute atomic E-state index is 5.03. The molecule has 1 unspecified atom stereocenters. The molecule has 1 rings (SSSR count). The summed E-state index contributed by atoms with van der Waals surface area (Å²) in [4.78, 5) is 2.18. The first-order valence-corrected chi connectivity index (χ1v) is 3.05. The molecule has 2 heteroatoms. The molecule has 1 aliphatic rings. The highest BCUT2D eigenvalue weighted by atomic mass is 16.6. The summed E-state index contributed by atoms with van der Waals surface area (Å²) in [6.45, 7) is 2.15. The molecular formula is C6H13NO. The van der Waals surface area contributed by atoms with Crippen LogP contribution >= 0.6 is 0 Å². The van der Waals surface area contributed by atoms with Crippen molar-refractivity contribution in [2.75, 3.05) is 27.2 Å². The van der Waals surface area contributed by atoms with E-state index in [-0.39, 0.29) is 0 Å². The van der Waals surface area contributed by atoms with Gasteiger partial charge in [-0.15, -0.1) is 0 Å². The van der Waals surface area contributed by atoms with Crippen LogP contribution in [0, 0.1) is 0 Å². The number of nitrogens with zero attached hydrogens (tertiary/aromatic N) is 1. The van der Waals surface area contributed by atoms with Gasteiger partial charge in [-0.1, -0.05) is 0 Å². The lowest BCUT2D eigenvalue weighted by Gasteiger charge is -2.05. The first kappa shape index (κ1) is 6.05. The number of hydrogen-bond acceptors (Lipinski definition) is 2. The van der Waals surface area contributed by atoms with Gasteiger partial charge in [0, 0.05) is 6.54 Å².